The van der Waals surface area contributed by atoms with Crippen LogP contribution in [0.2, 0.25) is 0 Å². The van der Waals surface area contributed by atoms with E-state index in [9.17, 15) is 15.2 Å². The molecular formula is C7H6N4O3. The Morgan fingerprint density at radius 3 is 3.00 bits per heavy atom. The van der Waals surface area contributed by atoms with Gasteiger partial charge >= 0.3 is 0 Å². The Kier molecular flexibility index (Phi) is 1.60. The Morgan fingerprint density at radius 2 is 2.36 bits per heavy atom. The number of hydrogen-bond donors (Lipinski definition) is 1. The molecule has 0 radical (unpaired) electrons. The maximum Gasteiger partial charge on any atom is 0.288 e. The molecule has 0 saturated heterocycles. The summed E-state index contributed by atoms with van der Waals surface area (Å²) in [5, 5.41) is 23.7. The van der Waals surface area contributed by atoms with Crippen molar-refractivity contribution in [3.05, 3.63) is 22.4 Å². The number of nitrogens with zero attached hydrogens (tertiary/aromatic N) is 4. The Morgan fingerprint density at radius 1 is 1.64 bits per heavy atom. The Hall–Kier alpha value is -2.18. The molecule has 0 fully saturated rings. The molecule has 1 N–H and O–H groups in total. The second-order valence-electron chi connectivity index (χ2n) is 2.77. The van der Waals surface area contributed by atoms with Crippen molar-refractivity contribution in [1.82, 2.24) is 14.8 Å². The maximum absolute atomic E-state index is 10.4. The topological polar surface area (TPSA) is 94.1 Å². The van der Waals surface area contributed by atoms with Gasteiger partial charge in [0.15, 0.2) is 5.65 Å². The van der Waals surface area contributed by atoms with Crippen LogP contribution in [-0.2, 0) is 7.05 Å². The first-order valence-corrected chi connectivity index (χ1v) is 3.75. The minimum atomic E-state index is -0.571. The number of fused-ring (bicyclic) bond motifs is 1. The van der Waals surface area contributed by atoms with Crippen LogP contribution >= 0.6 is 0 Å². The van der Waals surface area contributed by atoms with Gasteiger partial charge in [-0.2, -0.15) is 0 Å². The van der Waals surface area contributed by atoms with Gasteiger partial charge < -0.3 is 5.11 Å². The molecule has 0 aliphatic heterocycles. The second-order valence-corrected chi connectivity index (χ2v) is 2.77. The summed E-state index contributed by atoms with van der Waals surface area (Å²) >= 11 is 0. The largest absolute Gasteiger partial charge is 0.492 e. The molecule has 0 bridgehead atoms. The first-order valence-electron chi connectivity index (χ1n) is 3.75. The zero-order valence-electron chi connectivity index (χ0n) is 7.21. The molecule has 0 amide bonds. The zero-order valence-corrected chi connectivity index (χ0v) is 7.21. The minimum absolute atomic E-state index is 0.166. The first kappa shape index (κ1) is 8.42. The van der Waals surface area contributed by atoms with Gasteiger partial charge in [-0.1, -0.05) is 0 Å². The van der Waals surface area contributed by atoms with Crippen molar-refractivity contribution >= 4 is 16.7 Å². The highest BCUT2D eigenvalue weighted by molar-refractivity contribution is 5.82. The molecule has 2 heterocycles. The van der Waals surface area contributed by atoms with Crippen LogP contribution in [0.4, 0.5) is 5.69 Å². The van der Waals surface area contributed by atoms with Gasteiger partial charge in [0.25, 0.3) is 5.69 Å². The summed E-state index contributed by atoms with van der Waals surface area (Å²) in [6.45, 7) is 0. The number of hydrogen-bond acceptors (Lipinski definition) is 5. The lowest BCUT2D eigenvalue weighted by Crippen LogP contribution is -1.93. The predicted octanol–water partition coefficient (Wildman–Crippen LogP) is 0.582. The summed E-state index contributed by atoms with van der Waals surface area (Å²) in [5.74, 6) is -0.251. The first-order chi connectivity index (χ1) is 6.59. The van der Waals surface area contributed by atoms with E-state index in [-0.39, 0.29) is 17.0 Å². The summed E-state index contributed by atoms with van der Waals surface area (Å²) in [7, 11) is 1.60. The van der Waals surface area contributed by atoms with Crippen LogP contribution in [0.1, 0.15) is 0 Å². The number of aromatic hydroxyl groups is 1. The summed E-state index contributed by atoms with van der Waals surface area (Å²) in [6.07, 6.45) is 1.13. The summed E-state index contributed by atoms with van der Waals surface area (Å²) in [4.78, 5) is 13.7. The molecule has 0 spiro atoms. The highest BCUT2D eigenvalue weighted by atomic mass is 16.6. The molecule has 2 rings (SSSR count). The molecule has 2 aromatic heterocycles. The highest BCUT2D eigenvalue weighted by Gasteiger charge is 2.13. The Labute approximate surface area is 77.8 Å². The molecule has 0 saturated carbocycles. The van der Waals surface area contributed by atoms with Crippen molar-refractivity contribution < 1.29 is 10.0 Å². The summed E-state index contributed by atoms with van der Waals surface area (Å²) < 4.78 is 1.36. The lowest BCUT2D eigenvalue weighted by atomic mass is 10.3. The van der Waals surface area contributed by atoms with Crippen LogP contribution in [0.3, 0.4) is 0 Å². The second kappa shape index (κ2) is 2.66. The summed E-state index contributed by atoms with van der Waals surface area (Å²) in [6, 6.07) is 1.24. The van der Waals surface area contributed by atoms with Gasteiger partial charge in [0.1, 0.15) is 6.20 Å². The monoisotopic (exact) mass is 194 g/mol. The van der Waals surface area contributed by atoms with E-state index >= 15 is 0 Å². The lowest BCUT2D eigenvalue weighted by Gasteiger charge is -1.92. The maximum atomic E-state index is 10.4. The molecule has 7 nitrogen and oxygen atoms in total. The third-order valence-electron chi connectivity index (χ3n) is 1.86. The van der Waals surface area contributed by atoms with Crippen LogP contribution in [0.15, 0.2) is 12.3 Å². The summed E-state index contributed by atoms with van der Waals surface area (Å²) in [5.41, 5.74) is 0.244. The molecule has 2 aromatic rings. The van der Waals surface area contributed by atoms with E-state index in [0.29, 0.717) is 5.65 Å². The fraction of sp³-hybridized carbons (Fsp3) is 0.143. The fourth-order valence-electron chi connectivity index (χ4n) is 1.21. The van der Waals surface area contributed by atoms with E-state index in [1.807, 2.05) is 0 Å². The standard InChI is InChI=1S/C7H6N4O3/c1-10-6-5(7(12)9-10)2-4(3-8-6)11(13)14/h2-3H,1H3,(H,9,12). The molecule has 0 aromatic carbocycles. The van der Waals surface area contributed by atoms with Crippen molar-refractivity contribution in [3.8, 4) is 5.88 Å². The number of nitro groups is 1. The van der Waals surface area contributed by atoms with Gasteiger partial charge in [-0.15, -0.1) is 5.10 Å². The van der Waals surface area contributed by atoms with Gasteiger partial charge in [-0.25, -0.2) is 9.67 Å². The quantitative estimate of drug-likeness (QED) is 0.529. The zero-order chi connectivity index (χ0) is 10.3. The molecule has 7 heteroatoms. The fourth-order valence-corrected chi connectivity index (χ4v) is 1.21. The smallest absolute Gasteiger partial charge is 0.288 e. The van der Waals surface area contributed by atoms with E-state index < -0.39 is 4.92 Å². The van der Waals surface area contributed by atoms with Crippen molar-refractivity contribution in [1.29, 1.82) is 0 Å². The van der Waals surface area contributed by atoms with E-state index in [1.165, 1.54) is 10.7 Å². The van der Waals surface area contributed by atoms with E-state index in [0.717, 1.165) is 6.20 Å². The number of aryl methyl sites for hydroxylation is 1. The van der Waals surface area contributed by atoms with E-state index in [4.69, 9.17) is 0 Å². The van der Waals surface area contributed by atoms with Crippen molar-refractivity contribution in [2.75, 3.05) is 0 Å². The molecular weight excluding hydrogens is 188 g/mol. The van der Waals surface area contributed by atoms with E-state index in [1.54, 1.807) is 7.05 Å². The lowest BCUT2D eigenvalue weighted by molar-refractivity contribution is -0.385. The van der Waals surface area contributed by atoms with E-state index in [2.05, 4.69) is 10.1 Å². The normalized spacial score (nSPS) is 10.6. The van der Waals surface area contributed by atoms with Crippen LogP contribution in [0.5, 0.6) is 5.88 Å². The Bertz CT molecular complexity index is 519. The van der Waals surface area contributed by atoms with Crippen LogP contribution < -0.4 is 0 Å². The van der Waals surface area contributed by atoms with Crippen LogP contribution in [0, 0.1) is 10.1 Å². The van der Waals surface area contributed by atoms with Gasteiger partial charge in [-0.05, 0) is 0 Å². The van der Waals surface area contributed by atoms with Crippen molar-refractivity contribution in [2.45, 2.75) is 0 Å². The third kappa shape index (κ3) is 1.06. The van der Waals surface area contributed by atoms with Gasteiger partial charge in [0.2, 0.25) is 5.88 Å². The molecule has 0 atom stereocenters. The predicted molar refractivity (Wildman–Crippen MR) is 46.8 cm³/mol. The molecule has 14 heavy (non-hydrogen) atoms. The molecule has 72 valence electrons. The molecule has 0 unspecified atom stereocenters. The van der Waals surface area contributed by atoms with Gasteiger partial charge in [0.05, 0.1) is 10.3 Å². The average molecular weight is 194 g/mol. The van der Waals surface area contributed by atoms with Crippen molar-refractivity contribution in [2.24, 2.45) is 7.05 Å². The van der Waals surface area contributed by atoms with Gasteiger partial charge in [0, 0.05) is 13.1 Å². The highest BCUT2D eigenvalue weighted by Crippen LogP contribution is 2.24. The molecule has 0 aliphatic rings. The van der Waals surface area contributed by atoms with Crippen LogP contribution in [-0.4, -0.2) is 24.8 Å². The number of rotatable bonds is 1. The van der Waals surface area contributed by atoms with Gasteiger partial charge in [-0.3, -0.25) is 10.1 Å². The van der Waals surface area contributed by atoms with Crippen LogP contribution in [0.25, 0.3) is 11.0 Å². The van der Waals surface area contributed by atoms with Crippen molar-refractivity contribution in [3.63, 3.8) is 0 Å². The minimum Gasteiger partial charge on any atom is -0.492 e. The third-order valence-corrected chi connectivity index (χ3v) is 1.86. The SMILES string of the molecule is Cn1nc(O)c2cc([N+](=O)[O-])cnc21. The number of aromatic nitrogens is 3. The Balaban J connectivity index is 2.77. The average Bonchev–Trinajstić information content (AvgIpc) is 2.42. The number of pyridine rings is 1. The molecule has 0 aliphatic carbocycles.